The zero-order valence-electron chi connectivity index (χ0n) is 10.7. The van der Waals surface area contributed by atoms with Crippen LogP contribution in [0.5, 0.6) is 0 Å². The van der Waals surface area contributed by atoms with Crippen LogP contribution in [0.4, 0.5) is 0 Å². The van der Waals surface area contributed by atoms with Gasteiger partial charge in [-0.25, -0.2) is 4.79 Å². The summed E-state index contributed by atoms with van der Waals surface area (Å²) in [5.74, 6) is 0. The number of rotatable bonds is 1. The minimum Gasteiger partial charge on any atom is -0.306 e. The Morgan fingerprint density at radius 3 is 2.78 bits per heavy atom. The van der Waals surface area contributed by atoms with Crippen molar-refractivity contribution in [3.8, 4) is 0 Å². The fraction of sp³-hybridized carbons (Fsp3) is 0.462. The molecule has 1 aromatic carbocycles. The number of benzene rings is 1. The summed E-state index contributed by atoms with van der Waals surface area (Å²) in [6, 6.07) is 6.55. The van der Waals surface area contributed by atoms with Crippen LogP contribution in [0, 0.1) is 0 Å². The van der Waals surface area contributed by atoms with Crippen molar-refractivity contribution in [2.24, 2.45) is 0 Å². The van der Waals surface area contributed by atoms with Crippen LogP contribution in [-0.4, -0.2) is 53.5 Å². The minimum absolute atomic E-state index is 0.142. The summed E-state index contributed by atoms with van der Waals surface area (Å²) in [5, 5.41) is 0. The van der Waals surface area contributed by atoms with Gasteiger partial charge in [-0.05, 0) is 31.8 Å². The Hall–Kier alpha value is -1.59. The van der Waals surface area contributed by atoms with Gasteiger partial charge in [0.15, 0.2) is 0 Å². The number of nitrogens with one attached hydrogen (secondary N) is 2. The summed E-state index contributed by atoms with van der Waals surface area (Å²) in [4.78, 5) is 21.6. The predicted octanol–water partition coefficient (Wildman–Crippen LogP) is 0.774. The fourth-order valence-corrected chi connectivity index (χ4v) is 2.63. The number of nitrogens with zero attached hydrogens (tertiary/aromatic N) is 2. The Kier molecular flexibility index (Phi) is 2.72. The first kappa shape index (κ1) is 11.5. The average molecular weight is 246 g/mol. The minimum atomic E-state index is -0.142. The van der Waals surface area contributed by atoms with Gasteiger partial charge in [-0.1, -0.05) is 6.07 Å². The molecule has 0 radical (unpaired) electrons. The average Bonchev–Trinajstić information content (AvgIpc) is 2.71. The molecule has 1 fully saturated rings. The standard InChI is InChI=1S/C13H18N4O/c1-16-5-6-17(2)12(8-16)9-3-4-10-11(7-9)15-13(18)14-10/h3-4,7,12H,5-6,8H2,1-2H3,(H2,14,15,18). The zero-order chi connectivity index (χ0) is 12.7. The molecule has 0 amide bonds. The van der Waals surface area contributed by atoms with E-state index in [0.717, 1.165) is 30.7 Å². The number of hydrogen-bond donors (Lipinski definition) is 2. The fourth-order valence-electron chi connectivity index (χ4n) is 2.63. The maximum atomic E-state index is 11.3. The molecule has 2 aromatic rings. The third kappa shape index (κ3) is 1.95. The van der Waals surface area contributed by atoms with Gasteiger partial charge >= 0.3 is 5.69 Å². The summed E-state index contributed by atoms with van der Waals surface area (Å²) < 4.78 is 0. The van der Waals surface area contributed by atoms with Crippen LogP contribution in [0.25, 0.3) is 11.0 Å². The Bertz CT molecular complexity index is 615. The smallest absolute Gasteiger partial charge is 0.306 e. The lowest BCUT2D eigenvalue weighted by molar-refractivity contribution is 0.115. The molecule has 0 aliphatic carbocycles. The number of imidazole rings is 1. The Balaban J connectivity index is 1.99. The highest BCUT2D eigenvalue weighted by Crippen LogP contribution is 2.25. The van der Waals surface area contributed by atoms with E-state index < -0.39 is 0 Å². The first-order chi connectivity index (χ1) is 8.63. The quantitative estimate of drug-likeness (QED) is 0.781. The van der Waals surface area contributed by atoms with Crippen molar-refractivity contribution in [2.45, 2.75) is 6.04 Å². The molecule has 2 heterocycles. The van der Waals surface area contributed by atoms with Crippen molar-refractivity contribution < 1.29 is 0 Å². The first-order valence-corrected chi connectivity index (χ1v) is 6.24. The molecular weight excluding hydrogens is 228 g/mol. The van der Waals surface area contributed by atoms with Gasteiger partial charge in [0.05, 0.1) is 11.0 Å². The molecule has 1 aliphatic heterocycles. The normalized spacial score (nSPS) is 22.7. The number of fused-ring (bicyclic) bond motifs is 1. The van der Waals surface area contributed by atoms with Crippen molar-refractivity contribution >= 4 is 11.0 Å². The highest BCUT2D eigenvalue weighted by molar-refractivity contribution is 5.75. The van der Waals surface area contributed by atoms with E-state index in [0.29, 0.717) is 6.04 Å². The summed E-state index contributed by atoms with van der Waals surface area (Å²) in [5.41, 5.74) is 2.87. The van der Waals surface area contributed by atoms with Crippen LogP contribution in [0.3, 0.4) is 0 Å². The maximum Gasteiger partial charge on any atom is 0.323 e. The van der Waals surface area contributed by atoms with Gasteiger partial charge in [-0.2, -0.15) is 0 Å². The molecule has 1 saturated heterocycles. The third-order valence-corrected chi connectivity index (χ3v) is 3.78. The molecule has 0 saturated carbocycles. The molecule has 0 bridgehead atoms. The second-order valence-electron chi connectivity index (χ2n) is 5.14. The summed E-state index contributed by atoms with van der Waals surface area (Å²) in [6.45, 7) is 3.20. The third-order valence-electron chi connectivity index (χ3n) is 3.78. The van der Waals surface area contributed by atoms with Gasteiger partial charge in [0.1, 0.15) is 0 Å². The first-order valence-electron chi connectivity index (χ1n) is 6.24. The van der Waals surface area contributed by atoms with Crippen LogP contribution < -0.4 is 5.69 Å². The summed E-state index contributed by atoms with van der Waals surface area (Å²) in [7, 11) is 4.30. The van der Waals surface area contributed by atoms with Crippen molar-refractivity contribution in [1.82, 2.24) is 19.8 Å². The van der Waals surface area contributed by atoms with Gasteiger partial charge in [0, 0.05) is 25.7 Å². The number of H-pyrrole nitrogens is 2. The van der Waals surface area contributed by atoms with E-state index in [1.165, 1.54) is 5.56 Å². The molecule has 3 rings (SSSR count). The highest BCUT2D eigenvalue weighted by Gasteiger charge is 2.23. The van der Waals surface area contributed by atoms with Gasteiger partial charge in [-0.3, -0.25) is 4.90 Å². The van der Waals surface area contributed by atoms with Crippen LogP contribution in [-0.2, 0) is 0 Å². The Labute approximate surface area is 105 Å². The van der Waals surface area contributed by atoms with Gasteiger partial charge < -0.3 is 14.9 Å². The van der Waals surface area contributed by atoms with E-state index in [1.807, 2.05) is 6.07 Å². The number of hydrogen-bond acceptors (Lipinski definition) is 3. The van der Waals surface area contributed by atoms with Gasteiger partial charge in [0.25, 0.3) is 0 Å². The topological polar surface area (TPSA) is 55.1 Å². The lowest BCUT2D eigenvalue weighted by Gasteiger charge is -2.38. The summed E-state index contributed by atoms with van der Waals surface area (Å²) in [6.07, 6.45) is 0. The van der Waals surface area contributed by atoms with Crippen LogP contribution >= 0.6 is 0 Å². The Morgan fingerprint density at radius 2 is 1.94 bits per heavy atom. The maximum absolute atomic E-state index is 11.3. The molecule has 5 nitrogen and oxygen atoms in total. The van der Waals surface area contributed by atoms with E-state index in [-0.39, 0.29) is 5.69 Å². The van der Waals surface area contributed by atoms with Gasteiger partial charge in [0.2, 0.25) is 0 Å². The SMILES string of the molecule is CN1CCN(C)C(c2ccc3[nH]c(=O)[nH]c3c2)C1. The van der Waals surface area contributed by atoms with Crippen molar-refractivity contribution in [3.63, 3.8) is 0 Å². The van der Waals surface area contributed by atoms with E-state index in [1.54, 1.807) is 0 Å². The van der Waals surface area contributed by atoms with Crippen LogP contribution in [0.2, 0.25) is 0 Å². The second-order valence-corrected chi connectivity index (χ2v) is 5.14. The van der Waals surface area contributed by atoms with Crippen molar-refractivity contribution in [1.29, 1.82) is 0 Å². The number of likely N-dealkylation sites (N-methyl/N-ethyl adjacent to an activating group) is 2. The van der Waals surface area contributed by atoms with Crippen molar-refractivity contribution in [3.05, 3.63) is 34.2 Å². The molecular formula is C13H18N4O. The Morgan fingerprint density at radius 1 is 1.17 bits per heavy atom. The van der Waals surface area contributed by atoms with Crippen molar-refractivity contribution in [2.75, 3.05) is 33.7 Å². The molecule has 2 N–H and O–H groups in total. The van der Waals surface area contributed by atoms with E-state index in [4.69, 9.17) is 0 Å². The number of piperazine rings is 1. The molecule has 0 spiro atoms. The predicted molar refractivity (Wildman–Crippen MR) is 71.8 cm³/mol. The van der Waals surface area contributed by atoms with Crippen LogP contribution in [0.1, 0.15) is 11.6 Å². The molecule has 1 unspecified atom stereocenters. The summed E-state index contributed by atoms with van der Waals surface area (Å²) >= 11 is 0. The molecule has 1 aliphatic rings. The second kappa shape index (κ2) is 4.26. The molecule has 1 aromatic heterocycles. The largest absolute Gasteiger partial charge is 0.323 e. The van der Waals surface area contributed by atoms with Crippen LogP contribution in [0.15, 0.2) is 23.0 Å². The van der Waals surface area contributed by atoms with E-state index >= 15 is 0 Å². The molecule has 5 heteroatoms. The monoisotopic (exact) mass is 246 g/mol. The molecule has 18 heavy (non-hydrogen) atoms. The molecule has 1 atom stereocenters. The lowest BCUT2D eigenvalue weighted by atomic mass is 10.0. The zero-order valence-corrected chi connectivity index (χ0v) is 10.7. The van der Waals surface area contributed by atoms with Gasteiger partial charge in [-0.15, -0.1) is 0 Å². The number of aromatic nitrogens is 2. The lowest BCUT2D eigenvalue weighted by Crippen LogP contribution is -2.44. The molecule has 96 valence electrons. The van der Waals surface area contributed by atoms with E-state index in [2.05, 4.69) is 46.0 Å². The highest BCUT2D eigenvalue weighted by atomic mass is 16.1. The van der Waals surface area contributed by atoms with E-state index in [9.17, 15) is 4.79 Å². The number of aromatic amines is 2.